The van der Waals surface area contributed by atoms with Crippen LogP contribution in [-0.2, 0) is 6.54 Å². The first kappa shape index (κ1) is 24.1. The average Bonchev–Trinajstić information content (AvgIpc) is 3.42. The molecular weight excluding hydrogens is 457 g/mol. The molecule has 1 N–H and O–H groups in total. The van der Waals surface area contributed by atoms with Gasteiger partial charge in [-0.25, -0.2) is 9.07 Å². The van der Waals surface area contributed by atoms with E-state index in [0.29, 0.717) is 23.6 Å². The van der Waals surface area contributed by atoms with E-state index in [9.17, 15) is 9.18 Å². The van der Waals surface area contributed by atoms with Gasteiger partial charge in [0.05, 0.1) is 37.1 Å². The highest BCUT2D eigenvalue weighted by atomic mass is 35.5. The van der Waals surface area contributed by atoms with Crippen molar-refractivity contribution >= 4 is 17.5 Å². The van der Waals surface area contributed by atoms with Crippen LogP contribution in [-0.4, -0.2) is 28.9 Å². The molecule has 180 valence electrons. The summed E-state index contributed by atoms with van der Waals surface area (Å²) in [7, 11) is 1.61. The van der Waals surface area contributed by atoms with Gasteiger partial charge >= 0.3 is 0 Å². The minimum Gasteiger partial charge on any atom is -0.493 e. The lowest BCUT2D eigenvalue weighted by atomic mass is 10.1. The molecule has 1 amide bonds. The van der Waals surface area contributed by atoms with Gasteiger partial charge in [-0.3, -0.25) is 4.79 Å². The summed E-state index contributed by atoms with van der Waals surface area (Å²) in [5.41, 5.74) is 2.56. The largest absolute Gasteiger partial charge is 0.493 e. The molecule has 1 aliphatic rings. The van der Waals surface area contributed by atoms with E-state index in [1.54, 1.807) is 30.8 Å². The van der Waals surface area contributed by atoms with Crippen molar-refractivity contribution in [3.05, 3.63) is 75.8 Å². The number of nitrogens with one attached hydrogen (secondary N) is 1. The molecule has 1 atom stereocenters. The number of nitrogens with zero attached hydrogens (tertiary/aromatic N) is 2. The molecule has 6 nitrogen and oxygen atoms in total. The van der Waals surface area contributed by atoms with Gasteiger partial charge in [0.25, 0.3) is 5.91 Å². The van der Waals surface area contributed by atoms with E-state index >= 15 is 0 Å². The smallest absolute Gasteiger partial charge is 0.256 e. The normalized spacial score (nSPS) is 14.7. The Morgan fingerprint density at radius 1 is 1.21 bits per heavy atom. The number of methoxy groups -OCH3 is 1. The number of aromatic nitrogens is 2. The first-order chi connectivity index (χ1) is 16.4. The minimum atomic E-state index is -0.314. The zero-order valence-electron chi connectivity index (χ0n) is 19.6. The third-order valence-corrected chi connectivity index (χ3v) is 6.55. The van der Waals surface area contributed by atoms with Crippen LogP contribution in [0, 0.1) is 12.7 Å². The van der Waals surface area contributed by atoms with E-state index in [0.717, 1.165) is 29.7 Å². The first-order valence-electron chi connectivity index (χ1n) is 11.5. The fourth-order valence-corrected chi connectivity index (χ4v) is 4.59. The molecule has 1 unspecified atom stereocenters. The Kier molecular flexibility index (Phi) is 7.41. The molecule has 0 aliphatic heterocycles. The lowest BCUT2D eigenvalue weighted by Crippen LogP contribution is -2.27. The number of carbonyl (C=O) groups is 1. The molecule has 34 heavy (non-hydrogen) atoms. The summed E-state index contributed by atoms with van der Waals surface area (Å²) < 4.78 is 26.4. The van der Waals surface area contributed by atoms with Gasteiger partial charge < -0.3 is 14.8 Å². The summed E-state index contributed by atoms with van der Waals surface area (Å²) in [5, 5.41) is 7.65. The zero-order valence-corrected chi connectivity index (χ0v) is 20.4. The number of amides is 1. The summed E-state index contributed by atoms with van der Waals surface area (Å²) in [4.78, 5) is 13.1. The molecule has 4 rings (SSSR count). The predicted molar refractivity (Wildman–Crippen MR) is 129 cm³/mol. The van der Waals surface area contributed by atoms with Gasteiger partial charge in [-0.2, -0.15) is 5.10 Å². The third kappa shape index (κ3) is 5.36. The Morgan fingerprint density at radius 2 is 1.91 bits per heavy atom. The number of ether oxygens (including phenoxy) is 2. The molecule has 1 aliphatic carbocycles. The van der Waals surface area contributed by atoms with E-state index in [4.69, 9.17) is 21.1 Å². The monoisotopic (exact) mass is 485 g/mol. The Hall–Kier alpha value is -3.06. The molecule has 2 aromatic carbocycles. The van der Waals surface area contributed by atoms with Crippen molar-refractivity contribution < 1.29 is 18.7 Å². The van der Waals surface area contributed by atoms with Crippen molar-refractivity contribution in [1.29, 1.82) is 0 Å². The van der Waals surface area contributed by atoms with Crippen LogP contribution in [0.25, 0.3) is 0 Å². The predicted octanol–water partition coefficient (Wildman–Crippen LogP) is 5.85. The van der Waals surface area contributed by atoms with Gasteiger partial charge in [-0.1, -0.05) is 29.8 Å². The molecule has 1 heterocycles. The fourth-order valence-electron chi connectivity index (χ4n) is 4.27. The second-order valence-corrected chi connectivity index (χ2v) is 9.02. The standard InChI is InChI=1S/C26H29ClFN3O3/c1-16(19-10-13-22(23(14-19)33-3)34-21-6-4-5-7-21)29-26(32)24-17(2)30-31(25(24)27)15-18-8-11-20(28)12-9-18/h8-14,16,21H,4-7,15H2,1-3H3,(H,29,32). The van der Waals surface area contributed by atoms with E-state index < -0.39 is 0 Å². The van der Waals surface area contributed by atoms with Crippen molar-refractivity contribution in [1.82, 2.24) is 15.1 Å². The Morgan fingerprint density at radius 3 is 2.59 bits per heavy atom. The topological polar surface area (TPSA) is 65.4 Å². The molecule has 0 radical (unpaired) electrons. The molecule has 1 aromatic heterocycles. The lowest BCUT2D eigenvalue weighted by molar-refractivity contribution is 0.0939. The lowest BCUT2D eigenvalue weighted by Gasteiger charge is -2.19. The highest BCUT2D eigenvalue weighted by Crippen LogP contribution is 2.34. The van der Waals surface area contributed by atoms with Crippen molar-refractivity contribution in [2.75, 3.05) is 7.11 Å². The number of carbonyl (C=O) groups excluding carboxylic acids is 1. The summed E-state index contributed by atoms with van der Waals surface area (Å²) in [5.74, 6) is 0.741. The highest BCUT2D eigenvalue weighted by molar-refractivity contribution is 6.33. The molecule has 0 spiro atoms. The van der Waals surface area contributed by atoms with Gasteiger partial charge in [0.2, 0.25) is 0 Å². The Labute approximate surface area is 204 Å². The van der Waals surface area contributed by atoms with Gasteiger partial charge in [0.1, 0.15) is 11.0 Å². The van der Waals surface area contributed by atoms with Crippen molar-refractivity contribution in [2.45, 2.75) is 58.2 Å². The van der Waals surface area contributed by atoms with Gasteiger partial charge in [0.15, 0.2) is 11.5 Å². The van der Waals surface area contributed by atoms with E-state index in [2.05, 4.69) is 10.4 Å². The minimum absolute atomic E-state index is 0.230. The molecular formula is C26H29ClFN3O3. The van der Waals surface area contributed by atoms with Gasteiger partial charge in [-0.15, -0.1) is 0 Å². The van der Waals surface area contributed by atoms with Crippen molar-refractivity contribution in [2.24, 2.45) is 0 Å². The van der Waals surface area contributed by atoms with Crippen LogP contribution in [0.5, 0.6) is 11.5 Å². The van der Waals surface area contributed by atoms with E-state index in [1.165, 1.54) is 25.0 Å². The number of rotatable bonds is 8. The summed E-state index contributed by atoms with van der Waals surface area (Å²) in [6.45, 7) is 3.98. The Balaban J connectivity index is 1.47. The quantitative estimate of drug-likeness (QED) is 0.434. The summed E-state index contributed by atoms with van der Waals surface area (Å²) in [6.07, 6.45) is 4.74. The first-order valence-corrected chi connectivity index (χ1v) is 11.9. The van der Waals surface area contributed by atoms with Crippen LogP contribution in [0.3, 0.4) is 0 Å². The highest BCUT2D eigenvalue weighted by Gasteiger charge is 2.23. The van der Waals surface area contributed by atoms with Crippen molar-refractivity contribution in [3.8, 4) is 11.5 Å². The number of hydrogen-bond acceptors (Lipinski definition) is 4. The summed E-state index contributed by atoms with van der Waals surface area (Å²) >= 11 is 6.51. The van der Waals surface area contributed by atoms with E-state index in [-0.39, 0.29) is 29.0 Å². The van der Waals surface area contributed by atoms with Crippen LogP contribution in [0.1, 0.15) is 65.8 Å². The maximum atomic E-state index is 13.2. The van der Waals surface area contributed by atoms with Crippen LogP contribution >= 0.6 is 11.6 Å². The number of hydrogen-bond donors (Lipinski definition) is 1. The number of benzene rings is 2. The Bertz CT molecular complexity index is 1160. The number of aryl methyl sites for hydroxylation is 1. The molecule has 3 aromatic rings. The second-order valence-electron chi connectivity index (χ2n) is 8.67. The van der Waals surface area contributed by atoms with Crippen LogP contribution < -0.4 is 14.8 Å². The van der Waals surface area contributed by atoms with Crippen molar-refractivity contribution in [3.63, 3.8) is 0 Å². The summed E-state index contributed by atoms with van der Waals surface area (Å²) in [6, 6.07) is 11.5. The molecule has 1 fully saturated rings. The van der Waals surface area contributed by atoms with E-state index in [1.807, 2.05) is 25.1 Å². The van der Waals surface area contributed by atoms with Gasteiger partial charge in [0, 0.05) is 0 Å². The maximum Gasteiger partial charge on any atom is 0.256 e. The second kappa shape index (κ2) is 10.5. The average molecular weight is 486 g/mol. The number of halogens is 2. The van der Waals surface area contributed by atoms with Gasteiger partial charge in [-0.05, 0) is 74.9 Å². The zero-order chi connectivity index (χ0) is 24.2. The molecule has 8 heteroatoms. The van der Waals surface area contributed by atoms with Crippen LogP contribution in [0.4, 0.5) is 4.39 Å². The third-order valence-electron chi connectivity index (χ3n) is 6.17. The fraction of sp³-hybridized carbons (Fsp3) is 0.385. The molecule has 1 saturated carbocycles. The molecule has 0 bridgehead atoms. The van der Waals surface area contributed by atoms with Crippen LogP contribution in [0.15, 0.2) is 42.5 Å². The SMILES string of the molecule is COc1cc(C(C)NC(=O)c2c(C)nn(Cc3ccc(F)cc3)c2Cl)ccc1OC1CCCC1. The molecule has 0 saturated heterocycles. The van der Waals surface area contributed by atoms with Crippen LogP contribution in [0.2, 0.25) is 5.15 Å². The maximum absolute atomic E-state index is 13.2.